The van der Waals surface area contributed by atoms with E-state index in [1.165, 1.54) is 51.4 Å². The summed E-state index contributed by atoms with van der Waals surface area (Å²) in [5, 5.41) is 0. The molecule has 2 aliphatic rings. The smallest absolute Gasteiger partial charge is 0.328 e. The Kier molecular flexibility index (Phi) is 6.40. The fraction of sp³-hybridized carbons (Fsp3) is 0.929. The summed E-state index contributed by atoms with van der Waals surface area (Å²) in [6.07, 6.45) is 15.9. The monoisotopic (exact) mass is 200 g/mol. The van der Waals surface area contributed by atoms with Crippen molar-refractivity contribution in [1.82, 2.24) is 0 Å². The Morgan fingerprint density at radius 2 is 1.40 bits per heavy atom. The molecule has 82 valence electrons. The van der Waals surface area contributed by atoms with Crippen LogP contribution in [0.3, 0.4) is 0 Å². The van der Waals surface area contributed by atoms with Crippen molar-refractivity contribution in [3.8, 4) is 0 Å². The van der Waals surface area contributed by atoms with Crippen LogP contribution in [0.4, 0.5) is 0 Å². The van der Waals surface area contributed by atoms with Gasteiger partial charge < -0.3 is 6.42 Å². The van der Waals surface area contributed by atoms with Crippen LogP contribution in [-0.2, 0) is 0 Å². The van der Waals surface area contributed by atoms with Gasteiger partial charge >= 0.3 is 18.9 Å². The van der Waals surface area contributed by atoms with Gasteiger partial charge in [-0.2, -0.15) is 12.8 Å². The summed E-state index contributed by atoms with van der Waals surface area (Å²) in [6.45, 7) is 2.42. The molecule has 0 heterocycles. The number of rotatable bonds is 2. The Hall–Kier alpha value is 0.597. The summed E-state index contributed by atoms with van der Waals surface area (Å²) in [5.41, 5.74) is 0. The largest absolute Gasteiger partial charge is 1.00 e. The standard InChI is InChI=1S/C14H25.Li/c1-12-7-9-14(10-8-12)11-13-5-3-2-4-6-13;/h2,12-14H,3-11H2,1H3;/q-1;+1. The molecule has 0 unspecified atom stereocenters. The van der Waals surface area contributed by atoms with E-state index in [1.807, 2.05) is 0 Å². The second-order valence-corrected chi connectivity index (χ2v) is 5.67. The molecule has 0 spiro atoms. The molecule has 0 amide bonds. The van der Waals surface area contributed by atoms with Gasteiger partial charge in [0.1, 0.15) is 0 Å². The van der Waals surface area contributed by atoms with Crippen LogP contribution >= 0.6 is 0 Å². The number of hydrogen-bond acceptors (Lipinski definition) is 0. The topological polar surface area (TPSA) is 0 Å². The van der Waals surface area contributed by atoms with Crippen molar-refractivity contribution in [2.75, 3.05) is 0 Å². The SMILES string of the molecule is CC1CCC(CC2CC[CH-]CC2)CC1.[Li+]. The van der Waals surface area contributed by atoms with Crippen molar-refractivity contribution in [3.05, 3.63) is 6.42 Å². The average Bonchev–Trinajstić information content (AvgIpc) is 2.23. The van der Waals surface area contributed by atoms with E-state index >= 15 is 0 Å². The minimum absolute atomic E-state index is 0. The Morgan fingerprint density at radius 3 is 2.00 bits per heavy atom. The van der Waals surface area contributed by atoms with Gasteiger partial charge in [-0.1, -0.05) is 45.4 Å². The Bertz CT molecular complexity index is 153. The van der Waals surface area contributed by atoms with Gasteiger partial charge in [-0.05, 0) is 24.2 Å². The van der Waals surface area contributed by atoms with Crippen LogP contribution in [0.25, 0.3) is 0 Å². The minimum atomic E-state index is 0. The molecule has 0 nitrogen and oxygen atoms in total. The molecule has 2 saturated carbocycles. The van der Waals surface area contributed by atoms with E-state index in [0.29, 0.717) is 0 Å². The fourth-order valence-corrected chi connectivity index (χ4v) is 3.27. The first-order valence-corrected chi connectivity index (χ1v) is 6.66. The van der Waals surface area contributed by atoms with Crippen LogP contribution in [0.1, 0.15) is 64.7 Å². The molecule has 0 saturated heterocycles. The van der Waals surface area contributed by atoms with Crippen molar-refractivity contribution >= 4 is 0 Å². The summed E-state index contributed by atoms with van der Waals surface area (Å²) in [5.74, 6) is 3.19. The van der Waals surface area contributed by atoms with Crippen LogP contribution in [0.5, 0.6) is 0 Å². The zero-order valence-corrected chi connectivity index (χ0v) is 10.7. The molecule has 0 aromatic rings. The second-order valence-electron chi connectivity index (χ2n) is 5.67. The van der Waals surface area contributed by atoms with Crippen LogP contribution < -0.4 is 18.9 Å². The van der Waals surface area contributed by atoms with E-state index in [2.05, 4.69) is 13.3 Å². The summed E-state index contributed by atoms with van der Waals surface area (Å²) < 4.78 is 0. The summed E-state index contributed by atoms with van der Waals surface area (Å²) in [7, 11) is 0. The average molecular weight is 200 g/mol. The van der Waals surface area contributed by atoms with Crippen LogP contribution in [0.15, 0.2) is 0 Å². The van der Waals surface area contributed by atoms with Crippen molar-refractivity contribution in [3.63, 3.8) is 0 Å². The molecule has 0 N–H and O–H groups in total. The van der Waals surface area contributed by atoms with Crippen LogP contribution in [0, 0.1) is 24.2 Å². The van der Waals surface area contributed by atoms with Gasteiger partial charge in [-0.25, -0.2) is 0 Å². The summed E-state index contributed by atoms with van der Waals surface area (Å²) in [6, 6.07) is 0. The van der Waals surface area contributed by atoms with E-state index in [0.717, 1.165) is 17.8 Å². The molecular weight excluding hydrogens is 175 g/mol. The maximum absolute atomic E-state index is 2.49. The third-order valence-electron chi connectivity index (χ3n) is 4.36. The quantitative estimate of drug-likeness (QED) is 0.469. The van der Waals surface area contributed by atoms with Gasteiger partial charge in [0, 0.05) is 0 Å². The molecule has 0 radical (unpaired) electrons. The van der Waals surface area contributed by atoms with Gasteiger partial charge in [0.25, 0.3) is 0 Å². The Labute approximate surface area is 108 Å². The van der Waals surface area contributed by atoms with Gasteiger partial charge in [-0.15, -0.1) is 0 Å². The summed E-state index contributed by atoms with van der Waals surface area (Å²) in [4.78, 5) is 0. The predicted octanol–water partition coefficient (Wildman–Crippen LogP) is 1.60. The van der Waals surface area contributed by atoms with Crippen molar-refractivity contribution in [2.45, 2.75) is 64.7 Å². The zero-order chi connectivity index (χ0) is 9.80. The Balaban J connectivity index is 0.00000112. The molecule has 15 heavy (non-hydrogen) atoms. The molecular formula is C14H25Li. The maximum atomic E-state index is 2.49. The van der Waals surface area contributed by atoms with E-state index in [1.54, 1.807) is 6.42 Å². The summed E-state index contributed by atoms with van der Waals surface area (Å²) >= 11 is 0. The molecule has 2 aliphatic carbocycles. The Morgan fingerprint density at radius 1 is 0.867 bits per heavy atom. The van der Waals surface area contributed by atoms with E-state index in [4.69, 9.17) is 0 Å². The molecule has 0 bridgehead atoms. The second kappa shape index (κ2) is 7.03. The molecule has 2 rings (SSSR count). The van der Waals surface area contributed by atoms with Crippen molar-refractivity contribution in [2.24, 2.45) is 17.8 Å². The van der Waals surface area contributed by atoms with Crippen LogP contribution in [-0.4, -0.2) is 0 Å². The molecule has 0 aliphatic heterocycles. The van der Waals surface area contributed by atoms with Gasteiger partial charge in [0.15, 0.2) is 0 Å². The molecule has 1 heteroatoms. The van der Waals surface area contributed by atoms with E-state index < -0.39 is 0 Å². The minimum Gasteiger partial charge on any atom is -0.328 e. The first kappa shape index (κ1) is 13.7. The zero-order valence-electron chi connectivity index (χ0n) is 10.7. The van der Waals surface area contributed by atoms with Crippen molar-refractivity contribution in [1.29, 1.82) is 0 Å². The third kappa shape index (κ3) is 4.54. The first-order chi connectivity index (χ1) is 6.84. The maximum Gasteiger partial charge on any atom is 1.00 e. The first-order valence-electron chi connectivity index (χ1n) is 6.66. The van der Waals surface area contributed by atoms with Gasteiger partial charge in [0.05, 0.1) is 0 Å². The molecule has 2 fully saturated rings. The number of hydrogen-bond donors (Lipinski definition) is 0. The van der Waals surface area contributed by atoms with E-state index in [-0.39, 0.29) is 18.9 Å². The predicted molar refractivity (Wildman–Crippen MR) is 62.0 cm³/mol. The molecule has 0 aromatic heterocycles. The normalized spacial score (nSPS) is 33.4. The molecule has 0 aromatic carbocycles. The van der Waals surface area contributed by atoms with Crippen molar-refractivity contribution < 1.29 is 18.9 Å². The van der Waals surface area contributed by atoms with Gasteiger partial charge in [0.2, 0.25) is 0 Å². The third-order valence-corrected chi connectivity index (χ3v) is 4.36. The van der Waals surface area contributed by atoms with Gasteiger partial charge in [-0.3, -0.25) is 0 Å². The molecule has 0 atom stereocenters. The van der Waals surface area contributed by atoms with Crippen LogP contribution in [0.2, 0.25) is 0 Å². The fourth-order valence-electron chi connectivity index (χ4n) is 3.27. The van der Waals surface area contributed by atoms with E-state index in [9.17, 15) is 0 Å².